The Labute approximate surface area is 131 Å². The van der Waals surface area contributed by atoms with Crippen LogP contribution in [0.3, 0.4) is 0 Å². The molecule has 0 bridgehead atoms. The molecule has 0 saturated carbocycles. The number of halogens is 1. The molecule has 1 unspecified atom stereocenters. The maximum atomic E-state index is 13.3. The molecule has 4 heteroatoms. The first-order chi connectivity index (χ1) is 10.6. The maximum Gasteiger partial charge on any atom is 0.123 e. The van der Waals surface area contributed by atoms with Crippen LogP contribution in [-0.2, 0) is 6.54 Å². The summed E-state index contributed by atoms with van der Waals surface area (Å²) in [4.78, 5) is 4.15. The van der Waals surface area contributed by atoms with E-state index in [4.69, 9.17) is 6.42 Å². The molecule has 0 radical (unpaired) electrons. The summed E-state index contributed by atoms with van der Waals surface area (Å²) in [5, 5.41) is 9.76. The van der Waals surface area contributed by atoms with Gasteiger partial charge in [-0.15, -0.1) is 6.42 Å². The predicted octanol–water partition coefficient (Wildman–Crippen LogP) is 2.92. The van der Waals surface area contributed by atoms with Crippen LogP contribution in [-0.4, -0.2) is 40.6 Å². The van der Waals surface area contributed by atoms with Gasteiger partial charge in [0.15, 0.2) is 0 Å². The minimum absolute atomic E-state index is 0.0353. The second-order valence-corrected chi connectivity index (χ2v) is 5.39. The lowest BCUT2D eigenvalue weighted by atomic mass is 10.1. The normalized spacial score (nSPS) is 17.5. The molecule has 1 N–H and O–H groups in total. The van der Waals surface area contributed by atoms with Crippen LogP contribution in [0.25, 0.3) is 0 Å². The zero-order valence-corrected chi connectivity index (χ0v) is 12.7. The molecular weight excluding hydrogens is 279 g/mol. The van der Waals surface area contributed by atoms with E-state index >= 15 is 0 Å². The summed E-state index contributed by atoms with van der Waals surface area (Å²) in [5.41, 5.74) is 0.903. The fourth-order valence-electron chi connectivity index (χ4n) is 2.45. The molecule has 1 atom stereocenters. The number of nitrogens with zero attached hydrogens (tertiary/aromatic N) is 2. The van der Waals surface area contributed by atoms with E-state index in [1.165, 1.54) is 12.1 Å². The lowest BCUT2D eigenvalue weighted by Crippen LogP contribution is -2.38. The van der Waals surface area contributed by atoms with E-state index in [1.807, 2.05) is 25.3 Å². The van der Waals surface area contributed by atoms with Gasteiger partial charge in [0.1, 0.15) is 11.6 Å². The van der Waals surface area contributed by atoms with E-state index in [1.54, 1.807) is 12.1 Å². The van der Waals surface area contributed by atoms with Crippen molar-refractivity contribution in [3.05, 3.63) is 59.8 Å². The van der Waals surface area contributed by atoms with Gasteiger partial charge >= 0.3 is 0 Å². The molecule has 2 rings (SSSR count). The maximum absolute atomic E-state index is 13.3. The van der Waals surface area contributed by atoms with Crippen molar-refractivity contribution in [1.82, 2.24) is 9.80 Å². The summed E-state index contributed by atoms with van der Waals surface area (Å²) in [6.45, 7) is 4.54. The number of aliphatic hydroxyl groups excluding tert-OH is 1. The van der Waals surface area contributed by atoms with Crippen LogP contribution in [0.15, 0.2) is 48.4 Å². The van der Waals surface area contributed by atoms with E-state index in [-0.39, 0.29) is 11.9 Å². The summed E-state index contributed by atoms with van der Waals surface area (Å²) in [7, 11) is 0. The highest BCUT2D eigenvalue weighted by Gasteiger charge is 2.17. The minimum Gasteiger partial charge on any atom is -0.510 e. The van der Waals surface area contributed by atoms with Crippen LogP contribution in [0.1, 0.15) is 12.5 Å². The first kappa shape index (κ1) is 16.1. The minimum atomic E-state index is -0.235. The zero-order valence-electron chi connectivity index (χ0n) is 12.7. The standard InChI is InChI=1S/C18H21FN2O/c1-3-9-20(14-16-6-4-7-17(19)13-16)11-12-21-10-5-8-18(22)15(21)2/h1,4-8,10,13,15,22H,9,11-12,14H2,2H3. The van der Waals surface area contributed by atoms with E-state index in [0.717, 1.165) is 18.7 Å². The van der Waals surface area contributed by atoms with Gasteiger partial charge in [-0.2, -0.15) is 0 Å². The number of benzene rings is 1. The molecule has 0 spiro atoms. The molecule has 0 aliphatic carbocycles. The average molecular weight is 300 g/mol. The van der Waals surface area contributed by atoms with Crippen LogP contribution < -0.4 is 0 Å². The lowest BCUT2D eigenvalue weighted by molar-refractivity contribution is 0.202. The summed E-state index contributed by atoms with van der Waals surface area (Å²) in [6, 6.07) is 6.53. The topological polar surface area (TPSA) is 26.7 Å². The van der Waals surface area contributed by atoms with Gasteiger partial charge in [-0.05, 0) is 43.0 Å². The van der Waals surface area contributed by atoms with Crippen LogP contribution in [0, 0.1) is 18.2 Å². The Morgan fingerprint density at radius 1 is 1.45 bits per heavy atom. The van der Waals surface area contributed by atoms with Crippen LogP contribution in [0.2, 0.25) is 0 Å². The highest BCUT2D eigenvalue weighted by atomic mass is 19.1. The van der Waals surface area contributed by atoms with Gasteiger partial charge in [0.2, 0.25) is 0 Å². The number of terminal acetylenes is 1. The van der Waals surface area contributed by atoms with Crippen molar-refractivity contribution < 1.29 is 9.50 Å². The van der Waals surface area contributed by atoms with Gasteiger partial charge in [0.05, 0.1) is 12.6 Å². The van der Waals surface area contributed by atoms with E-state index in [0.29, 0.717) is 18.8 Å². The predicted molar refractivity (Wildman–Crippen MR) is 86.5 cm³/mol. The Kier molecular flexibility index (Phi) is 5.62. The first-order valence-corrected chi connectivity index (χ1v) is 7.33. The van der Waals surface area contributed by atoms with Crippen molar-refractivity contribution in [2.75, 3.05) is 19.6 Å². The molecule has 0 aromatic heterocycles. The summed E-state index contributed by atoms with van der Waals surface area (Å²) >= 11 is 0. The average Bonchev–Trinajstić information content (AvgIpc) is 2.49. The van der Waals surface area contributed by atoms with Crippen molar-refractivity contribution in [2.24, 2.45) is 0 Å². The highest BCUT2D eigenvalue weighted by Crippen LogP contribution is 2.14. The first-order valence-electron chi connectivity index (χ1n) is 7.33. The Morgan fingerprint density at radius 3 is 3.00 bits per heavy atom. The fourth-order valence-corrected chi connectivity index (χ4v) is 2.45. The van der Waals surface area contributed by atoms with Crippen molar-refractivity contribution in [3.63, 3.8) is 0 Å². The molecule has 3 nitrogen and oxygen atoms in total. The molecule has 0 amide bonds. The third-order valence-electron chi connectivity index (χ3n) is 3.75. The van der Waals surface area contributed by atoms with E-state index < -0.39 is 0 Å². The van der Waals surface area contributed by atoms with Crippen molar-refractivity contribution in [2.45, 2.75) is 19.5 Å². The van der Waals surface area contributed by atoms with Gasteiger partial charge in [-0.1, -0.05) is 18.1 Å². The molecule has 22 heavy (non-hydrogen) atoms. The number of hydrogen-bond acceptors (Lipinski definition) is 3. The van der Waals surface area contributed by atoms with Gasteiger partial charge in [0, 0.05) is 19.6 Å². The van der Waals surface area contributed by atoms with Gasteiger partial charge in [-0.3, -0.25) is 4.90 Å². The Balaban J connectivity index is 1.93. The third-order valence-corrected chi connectivity index (χ3v) is 3.75. The summed E-state index contributed by atoms with van der Waals surface area (Å²) < 4.78 is 13.3. The molecule has 116 valence electrons. The second kappa shape index (κ2) is 7.67. The number of rotatable bonds is 6. The monoisotopic (exact) mass is 300 g/mol. The SMILES string of the molecule is C#CCN(CCN1C=CC=C(O)C1C)Cc1cccc(F)c1. The lowest BCUT2D eigenvalue weighted by Gasteiger charge is -2.31. The fraction of sp³-hybridized carbons (Fsp3) is 0.333. The zero-order chi connectivity index (χ0) is 15.9. The van der Waals surface area contributed by atoms with Crippen LogP contribution in [0.5, 0.6) is 0 Å². The number of hydrogen-bond donors (Lipinski definition) is 1. The molecule has 1 heterocycles. The van der Waals surface area contributed by atoms with Gasteiger partial charge in [0.25, 0.3) is 0 Å². The molecule has 0 fully saturated rings. The molecule has 1 aromatic carbocycles. The Hall–Kier alpha value is -2.25. The summed E-state index contributed by atoms with van der Waals surface area (Å²) in [6.07, 6.45) is 10.9. The second-order valence-electron chi connectivity index (χ2n) is 5.39. The summed E-state index contributed by atoms with van der Waals surface area (Å²) in [5.74, 6) is 2.77. The Bertz CT molecular complexity index is 603. The van der Waals surface area contributed by atoms with E-state index in [9.17, 15) is 9.50 Å². The molecule has 0 saturated heterocycles. The third kappa shape index (κ3) is 4.37. The van der Waals surface area contributed by atoms with Gasteiger partial charge < -0.3 is 10.0 Å². The quantitative estimate of drug-likeness (QED) is 0.818. The Morgan fingerprint density at radius 2 is 2.27 bits per heavy atom. The number of allylic oxidation sites excluding steroid dienone is 2. The smallest absolute Gasteiger partial charge is 0.123 e. The molecule has 1 aliphatic heterocycles. The highest BCUT2D eigenvalue weighted by molar-refractivity contribution is 5.18. The molecule has 1 aliphatic rings. The van der Waals surface area contributed by atoms with Crippen LogP contribution >= 0.6 is 0 Å². The van der Waals surface area contributed by atoms with Crippen LogP contribution in [0.4, 0.5) is 4.39 Å². The molecular formula is C18H21FN2O. The molecule has 1 aromatic rings. The van der Waals surface area contributed by atoms with Crippen molar-refractivity contribution >= 4 is 0 Å². The van der Waals surface area contributed by atoms with Gasteiger partial charge in [-0.25, -0.2) is 4.39 Å². The van der Waals surface area contributed by atoms with Crippen molar-refractivity contribution in [1.29, 1.82) is 0 Å². The van der Waals surface area contributed by atoms with E-state index in [2.05, 4.69) is 15.7 Å². The van der Waals surface area contributed by atoms with Crippen molar-refractivity contribution in [3.8, 4) is 12.3 Å². The largest absolute Gasteiger partial charge is 0.510 e. The number of aliphatic hydroxyl groups is 1.